The predicted octanol–water partition coefficient (Wildman–Crippen LogP) is 4.35. The van der Waals surface area contributed by atoms with E-state index in [-0.39, 0.29) is 0 Å². The highest BCUT2D eigenvalue weighted by Gasteiger charge is 1.98. The lowest BCUT2D eigenvalue weighted by Crippen LogP contribution is -1.78. The molecule has 1 aliphatic rings. The first kappa shape index (κ1) is 9.17. The Morgan fingerprint density at radius 3 is 2.38 bits per heavy atom. The quantitative estimate of drug-likeness (QED) is 0.647. The van der Waals surface area contributed by atoms with Crippen LogP contribution in [0, 0.1) is 0 Å². The topological polar surface area (TPSA) is 0 Å². The molecule has 3 rings (SSSR count). The number of hydrogen-bond acceptors (Lipinski definition) is 0. The first-order valence-corrected chi connectivity index (χ1v) is 5.48. The van der Waals surface area contributed by atoms with E-state index in [1.807, 2.05) is 0 Å². The molecule has 0 radical (unpaired) electrons. The number of rotatable bonds is 1. The summed E-state index contributed by atoms with van der Waals surface area (Å²) in [5.74, 6) is 0. The molecule has 0 heteroatoms. The minimum Gasteiger partial charge on any atom is -0.0617 e. The molecular weight excluding hydrogens is 192 g/mol. The van der Waals surface area contributed by atoms with Crippen LogP contribution in [0.15, 0.2) is 72.3 Å². The van der Waals surface area contributed by atoms with Crippen molar-refractivity contribution in [3.05, 3.63) is 77.9 Å². The highest BCUT2D eigenvalue weighted by atomic mass is 14.0. The molecule has 0 aromatic heterocycles. The summed E-state index contributed by atoms with van der Waals surface area (Å²) in [6.45, 7) is 0. The molecule has 16 heavy (non-hydrogen) atoms. The zero-order valence-electron chi connectivity index (χ0n) is 8.93. The summed E-state index contributed by atoms with van der Waals surface area (Å²) in [7, 11) is 0. The average Bonchev–Trinajstić information content (AvgIpc) is 2.82. The van der Waals surface area contributed by atoms with Crippen LogP contribution >= 0.6 is 0 Å². The number of hydrogen-bond donors (Lipinski definition) is 0. The van der Waals surface area contributed by atoms with Gasteiger partial charge in [0, 0.05) is 0 Å². The van der Waals surface area contributed by atoms with Crippen molar-refractivity contribution in [2.24, 2.45) is 0 Å². The lowest BCUT2D eigenvalue weighted by atomic mass is 10.0. The molecule has 0 fully saturated rings. The van der Waals surface area contributed by atoms with Crippen molar-refractivity contribution in [2.75, 3.05) is 0 Å². The van der Waals surface area contributed by atoms with Crippen molar-refractivity contribution in [1.29, 1.82) is 0 Å². The van der Waals surface area contributed by atoms with Crippen LogP contribution in [0.2, 0.25) is 0 Å². The molecule has 0 atom stereocenters. The maximum absolute atomic E-state index is 2.22. The summed E-state index contributed by atoms with van der Waals surface area (Å²) >= 11 is 0. The van der Waals surface area contributed by atoms with E-state index >= 15 is 0 Å². The second-order valence-corrected chi connectivity index (χ2v) is 3.93. The van der Waals surface area contributed by atoms with E-state index in [0.29, 0.717) is 0 Å². The average molecular weight is 204 g/mol. The summed E-state index contributed by atoms with van der Waals surface area (Å²) in [5.41, 5.74) is 2.54. The van der Waals surface area contributed by atoms with Gasteiger partial charge in [0.2, 0.25) is 0 Å². The van der Waals surface area contributed by atoms with Gasteiger partial charge >= 0.3 is 0 Å². The van der Waals surface area contributed by atoms with Gasteiger partial charge in [-0.3, -0.25) is 0 Å². The Labute approximate surface area is 95.2 Å². The Kier molecular flexibility index (Phi) is 2.19. The molecule has 0 nitrogen and oxygen atoms in total. The fourth-order valence-electron chi connectivity index (χ4n) is 2.04. The van der Waals surface area contributed by atoms with Gasteiger partial charge in [0.05, 0.1) is 0 Å². The second-order valence-electron chi connectivity index (χ2n) is 3.93. The standard InChI is InChI=1S/C16H12/c1-2-7-13(6-1)12-15-10-5-9-14-8-3-4-11-16(14)15/h1-12H. The smallest absolute Gasteiger partial charge is 0.0111 e. The van der Waals surface area contributed by atoms with Crippen molar-refractivity contribution in [2.45, 2.75) is 0 Å². The van der Waals surface area contributed by atoms with Crippen molar-refractivity contribution < 1.29 is 0 Å². The van der Waals surface area contributed by atoms with Crippen LogP contribution in [0.5, 0.6) is 0 Å². The van der Waals surface area contributed by atoms with Gasteiger partial charge in [0.1, 0.15) is 0 Å². The van der Waals surface area contributed by atoms with Crippen molar-refractivity contribution in [3.63, 3.8) is 0 Å². The fraction of sp³-hybridized carbons (Fsp3) is 0. The molecule has 0 bridgehead atoms. The normalized spacial score (nSPS) is 13.6. The van der Waals surface area contributed by atoms with Gasteiger partial charge in [-0.1, -0.05) is 66.8 Å². The van der Waals surface area contributed by atoms with Crippen molar-refractivity contribution in [3.8, 4) is 0 Å². The van der Waals surface area contributed by atoms with E-state index in [2.05, 4.69) is 72.8 Å². The van der Waals surface area contributed by atoms with Crippen LogP contribution in [-0.4, -0.2) is 0 Å². The van der Waals surface area contributed by atoms with Gasteiger partial charge in [0.15, 0.2) is 0 Å². The lowest BCUT2D eigenvalue weighted by Gasteiger charge is -2.02. The highest BCUT2D eigenvalue weighted by molar-refractivity contribution is 5.91. The SMILES string of the molecule is C1=CC(=Cc2cccc3ccccc23)C=C1. The van der Waals surface area contributed by atoms with E-state index in [1.54, 1.807) is 0 Å². The van der Waals surface area contributed by atoms with Crippen LogP contribution in [-0.2, 0) is 0 Å². The van der Waals surface area contributed by atoms with E-state index in [1.165, 1.54) is 21.9 Å². The third kappa shape index (κ3) is 1.59. The molecular formula is C16H12. The van der Waals surface area contributed by atoms with E-state index in [9.17, 15) is 0 Å². The zero-order chi connectivity index (χ0) is 10.8. The minimum absolute atomic E-state index is 1.26. The second kappa shape index (κ2) is 3.82. The van der Waals surface area contributed by atoms with Gasteiger partial charge in [-0.2, -0.15) is 0 Å². The summed E-state index contributed by atoms with van der Waals surface area (Å²) < 4.78 is 0. The Morgan fingerprint density at radius 2 is 1.50 bits per heavy atom. The largest absolute Gasteiger partial charge is 0.0617 e. The first-order valence-electron chi connectivity index (χ1n) is 5.48. The van der Waals surface area contributed by atoms with Gasteiger partial charge in [-0.25, -0.2) is 0 Å². The molecule has 1 aliphatic carbocycles. The van der Waals surface area contributed by atoms with Crippen LogP contribution in [0.4, 0.5) is 0 Å². The third-order valence-electron chi connectivity index (χ3n) is 2.83. The maximum atomic E-state index is 2.22. The summed E-state index contributed by atoms with van der Waals surface area (Å²) in [6.07, 6.45) is 10.6. The Balaban J connectivity index is 2.20. The Morgan fingerprint density at radius 1 is 0.750 bits per heavy atom. The molecule has 0 aliphatic heterocycles. The highest BCUT2D eigenvalue weighted by Crippen LogP contribution is 2.22. The van der Waals surface area contributed by atoms with Gasteiger partial charge in [0.25, 0.3) is 0 Å². The van der Waals surface area contributed by atoms with E-state index in [0.717, 1.165) is 0 Å². The lowest BCUT2D eigenvalue weighted by molar-refractivity contribution is 1.69. The van der Waals surface area contributed by atoms with E-state index in [4.69, 9.17) is 0 Å². The van der Waals surface area contributed by atoms with Gasteiger partial charge < -0.3 is 0 Å². The monoisotopic (exact) mass is 204 g/mol. The number of benzene rings is 2. The van der Waals surface area contributed by atoms with Crippen LogP contribution in [0.25, 0.3) is 16.8 Å². The first-order chi connectivity index (χ1) is 7.93. The maximum Gasteiger partial charge on any atom is -0.0111 e. The Hall–Kier alpha value is -2.08. The molecule has 76 valence electrons. The summed E-state index contributed by atoms with van der Waals surface area (Å²) in [5, 5.41) is 2.61. The molecule has 2 aromatic carbocycles. The molecule has 0 saturated heterocycles. The molecule has 0 saturated carbocycles. The molecule has 0 amide bonds. The van der Waals surface area contributed by atoms with Crippen molar-refractivity contribution in [1.82, 2.24) is 0 Å². The molecule has 0 unspecified atom stereocenters. The minimum atomic E-state index is 1.26. The number of fused-ring (bicyclic) bond motifs is 1. The molecule has 0 spiro atoms. The number of allylic oxidation sites excluding steroid dienone is 5. The summed E-state index contributed by atoms with van der Waals surface area (Å²) in [6, 6.07) is 14.9. The van der Waals surface area contributed by atoms with Crippen LogP contribution in [0.1, 0.15) is 5.56 Å². The summed E-state index contributed by atoms with van der Waals surface area (Å²) in [4.78, 5) is 0. The van der Waals surface area contributed by atoms with Crippen molar-refractivity contribution >= 4 is 16.8 Å². The molecule has 0 heterocycles. The van der Waals surface area contributed by atoms with E-state index < -0.39 is 0 Å². The van der Waals surface area contributed by atoms with Crippen LogP contribution in [0.3, 0.4) is 0 Å². The molecule has 2 aromatic rings. The fourth-order valence-corrected chi connectivity index (χ4v) is 2.04. The predicted molar refractivity (Wildman–Crippen MR) is 70.2 cm³/mol. The van der Waals surface area contributed by atoms with Gasteiger partial charge in [-0.05, 0) is 28.0 Å². The molecule has 0 N–H and O–H groups in total. The Bertz CT molecular complexity index is 593. The third-order valence-corrected chi connectivity index (χ3v) is 2.83. The zero-order valence-corrected chi connectivity index (χ0v) is 8.93. The van der Waals surface area contributed by atoms with Gasteiger partial charge in [-0.15, -0.1) is 0 Å². The van der Waals surface area contributed by atoms with Crippen LogP contribution < -0.4 is 0 Å².